The van der Waals surface area contributed by atoms with E-state index in [9.17, 15) is 24.0 Å². The summed E-state index contributed by atoms with van der Waals surface area (Å²) in [5, 5.41) is 28.5. The Kier molecular flexibility index (Phi) is 9.26. The number of nitrogens with zero attached hydrogens (tertiary/aromatic N) is 3. The third kappa shape index (κ3) is 6.43. The highest BCUT2D eigenvalue weighted by molar-refractivity contribution is 7.52. The molecule has 2 aromatic heterocycles. The Bertz CT molecular complexity index is 1450. The van der Waals surface area contributed by atoms with Gasteiger partial charge in [-0.3, -0.25) is 9.32 Å². The topological polar surface area (TPSA) is 180 Å². The number of hydrogen-bond donors (Lipinski definition) is 4. The fraction of sp³-hybridized carbons (Fsp3) is 0.519. The molecule has 230 valence electrons. The average Bonchev–Trinajstić information content (AvgIpc) is 3.47. The standard InChI is InChI=1S/C27H37FN5O8P/c1-6-38-25(36)16(2)32-42(37,41-18-9-7-17(8-10-18)26(3,4)5)39-14-27(13-28)23(35)21(34)22(40-27)19-11-12-20-24(29)30-15-31-33(19)20/h7-12,15-16,21-23,34-35H,6,13-14H2,1-5H3,(H,32,37)(H2,29,30,31)/t16-,21-,22-,23-,27+,42+/m0/s1. The number of esters is 1. The molecule has 0 amide bonds. The van der Waals surface area contributed by atoms with Gasteiger partial charge < -0.3 is 29.9 Å². The molecule has 5 N–H and O–H groups in total. The van der Waals surface area contributed by atoms with E-state index in [-0.39, 0.29) is 29.3 Å². The molecule has 42 heavy (non-hydrogen) atoms. The number of carbonyl (C=O) groups excluding carboxylic acids is 1. The monoisotopic (exact) mass is 609 g/mol. The Labute approximate surface area is 242 Å². The number of carbonyl (C=O) groups is 1. The molecule has 3 heterocycles. The lowest BCUT2D eigenvalue weighted by molar-refractivity contribution is -0.144. The molecule has 0 saturated carbocycles. The summed E-state index contributed by atoms with van der Waals surface area (Å²) in [6, 6.07) is 8.76. The predicted molar refractivity (Wildman–Crippen MR) is 151 cm³/mol. The second kappa shape index (κ2) is 12.2. The maximum atomic E-state index is 14.7. The van der Waals surface area contributed by atoms with Crippen molar-refractivity contribution in [3.05, 3.63) is 54.0 Å². The fourth-order valence-corrected chi connectivity index (χ4v) is 6.10. The summed E-state index contributed by atoms with van der Waals surface area (Å²) < 4.78 is 52.2. The zero-order valence-electron chi connectivity index (χ0n) is 24.1. The second-order valence-electron chi connectivity index (χ2n) is 11.1. The van der Waals surface area contributed by atoms with Crippen LogP contribution >= 0.6 is 7.75 Å². The SMILES string of the molecule is CCOC(=O)[C@H](C)N[P@@](=O)(OC[C@@]1(CF)O[C@@H](c2ccc3c(N)ncnn23)[C@H](O)[C@@H]1O)Oc1ccc(C(C)(C)C)cc1. The van der Waals surface area contributed by atoms with Crippen LogP contribution in [0.4, 0.5) is 10.2 Å². The molecule has 3 aromatic rings. The number of halogens is 1. The molecule has 1 saturated heterocycles. The van der Waals surface area contributed by atoms with Crippen molar-refractivity contribution in [2.45, 2.75) is 70.0 Å². The number of nitrogens with two attached hydrogens (primary N) is 1. The van der Waals surface area contributed by atoms with Gasteiger partial charge in [-0.2, -0.15) is 10.2 Å². The molecule has 0 spiro atoms. The summed E-state index contributed by atoms with van der Waals surface area (Å²) in [4.78, 5) is 16.2. The van der Waals surface area contributed by atoms with Gasteiger partial charge >= 0.3 is 13.7 Å². The lowest BCUT2D eigenvalue weighted by Crippen LogP contribution is -2.49. The zero-order valence-corrected chi connectivity index (χ0v) is 25.0. The van der Waals surface area contributed by atoms with Crippen LogP contribution in [0.1, 0.15) is 52.0 Å². The Hall–Kier alpha value is -3.13. The van der Waals surface area contributed by atoms with Crippen molar-refractivity contribution in [3.8, 4) is 5.75 Å². The molecule has 0 aliphatic carbocycles. The first-order valence-electron chi connectivity index (χ1n) is 13.4. The van der Waals surface area contributed by atoms with Gasteiger partial charge in [-0.25, -0.2) is 18.5 Å². The largest absolute Gasteiger partial charge is 0.465 e. The van der Waals surface area contributed by atoms with Crippen molar-refractivity contribution >= 4 is 25.1 Å². The maximum Gasteiger partial charge on any atom is 0.459 e. The van der Waals surface area contributed by atoms with Crippen LogP contribution in [-0.2, 0) is 28.8 Å². The van der Waals surface area contributed by atoms with Crippen LogP contribution in [0.25, 0.3) is 5.52 Å². The zero-order chi connectivity index (χ0) is 30.9. The van der Waals surface area contributed by atoms with Gasteiger partial charge in [-0.1, -0.05) is 32.9 Å². The maximum absolute atomic E-state index is 14.7. The summed E-state index contributed by atoms with van der Waals surface area (Å²) in [5.41, 5.74) is 5.25. The van der Waals surface area contributed by atoms with E-state index >= 15 is 0 Å². The van der Waals surface area contributed by atoms with E-state index in [0.717, 1.165) is 5.56 Å². The number of ether oxygens (including phenoxy) is 2. The van der Waals surface area contributed by atoms with Crippen LogP contribution in [0.5, 0.6) is 5.75 Å². The van der Waals surface area contributed by atoms with E-state index in [2.05, 4.69) is 15.2 Å². The van der Waals surface area contributed by atoms with Crippen molar-refractivity contribution in [2.75, 3.05) is 25.6 Å². The van der Waals surface area contributed by atoms with Gasteiger partial charge in [-0.05, 0) is 49.1 Å². The molecule has 0 bridgehead atoms. The molecule has 0 radical (unpaired) electrons. The van der Waals surface area contributed by atoms with Crippen LogP contribution in [0.3, 0.4) is 0 Å². The molecule has 1 aliphatic rings. The van der Waals surface area contributed by atoms with E-state index in [4.69, 9.17) is 24.3 Å². The van der Waals surface area contributed by atoms with Crippen LogP contribution in [-0.4, -0.2) is 74.5 Å². The molecular formula is C27H37FN5O8P. The van der Waals surface area contributed by atoms with Crippen LogP contribution in [0.15, 0.2) is 42.7 Å². The van der Waals surface area contributed by atoms with Crippen LogP contribution < -0.4 is 15.3 Å². The Morgan fingerprint density at radius 1 is 1.26 bits per heavy atom. The number of rotatable bonds is 11. The smallest absolute Gasteiger partial charge is 0.459 e. The third-order valence-corrected chi connectivity index (χ3v) is 8.60. The molecule has 1 fully saturated rings. The van der Waals surface area contributed by atoms with E-state index in [1.807, 2.05) is 20.8 Å². The number of benzene rings is 1. The summed E-state index contributed by atoms with van der Waals surface area (Å²) in [6.45, 7) is 7.05. The molecule has 1 aromatic carbocycles. The quantitative estimate of drug-likeness (QED) is 0.185. The van der Waals surface area contributed by atoms with Crippen molar-refractivity contribution in [2.24, 2.45) is 0 Å². The number of aliphatic hydroxyl groups excluding tert-OH is 2. The highest BCUT2D eigenvalue weighted by Crippen LogP contribution is 2.49. The lowest BCUT2D eigenvalue weighted by Gasteiger charge is -2.31. The number of anilines is 1. The van der Waals surface area contributed by atoms with Gasteiger partial charge in [0.05, 0.1) is 18.9 Å². The summed E-state index contributed by atoms with van der Waals surface area (Å²) in [6.07, 6.45) is -3.48. The van der Waals surface area contributed by atoms with Gasteiger partial charge in [0.15, 0.2) is 5.82 Å². The lowest BCUT2D eigenvalue weighted by atomic mass is 9.87. The Morgan fingerprint density at radius 2 is 1.95 bits per heavy atom. The van der Waals surface area contributed by atoms with E-state index in [1.54, 1.807) is 43.3 Å². The van der Waals surface area contributed by atoms with Crippen LogP contribution in [0.2, 0.25) is 0 Å². The molecule has 0 unspecified atom stereocenters. The number of nitrogen functional groups attached to an aromatic ring is 1. The number of fused-ring (bicyclic) bond motifs is 1. The van der Waals surface area contributed by atoms with Gasteiger partial charge in [0.25, 0.3) is 0 Å². The van der Waals surface area contributed by atoms with Gasteiger partial charge in [0.1, 0.15) is 54.2 Å². The second-order valence-corrected chi connectivity index (χ2v) is 12.8. The van der Waals surface area contributed by atoms with E-state index in [0.29, 0.717) is 5.52 Å². The van der Waals surface area contributed by atoms with Crippen molar-refractivity contribution in [1.82, 2.24) is 19.7 Å². The van der Waals surface area contributed by atoms with Crippen molar-refractivity contribution in [3.63, 3.8) is 0 Å². The highest BCUT2D eigenvalue weighted by atomic mass is 31.2. The number of aromatic nitrogens is 3. The highest BCUT2D eigenvalue weighted by Gasteiger charge is 2.57. The van der Waals surface area contributed by atoms with Crippen molar-refractivity contribution < 1.29 is 42.5 Å². The normalized spacial score (nSPS) is 24.8. The molecule has 1 aliphatic heterocycles. The first kappa shape index (κ1) is 31.8. The number of aliphatic hydroxyl groups is 2. The minimum Gasteiger partial charge on any atom is -0.465 e. The predicted octanol–water partition coefficient (Wildman–Crippen LogP) is 2.86. The average molecular weight is 610 g/mol. The van der Waals surface area contributed by atoms with E-state index < -0.39 is 57.0 Å². The van der Waals surface area contributed by atoms with Crippen molar-refractivity contribution in [1.29, 1.82) is 0 Å². The summed E-state index contributed by atoms with van der Waals surface area (Å²) in [7, 11) is -4.44. The minimum absolute atomic E-state index is 0.0837. The first-order valence-corrected chi connectivity index (χ1v) is 14.9. The molecule has 4 rings (SSSR count). The molecule has 15 heteroatoms. The first-order chi connectivity index (χ1) is 19.7. The van der Waals surface area contributed by atoms with Crippen LogP contribution in [0, 0.1) is 0 Å². The molecule has 6 atom stereocenters. The molecule has 13 nitrogen and oxygen atoms in total. The summed E-state index contributed by atoms with van der Waals surface area (Å²) in [5.74, 6) is -0.408. The number of alkyl halides is 1. The van der Waals surface area contributed by atoms with Gasteiger partial charge in [0.2, 0.25) is 0 Å². The van der Waals surface area contributed by atoms with E-state index in [1.165, 1.54) is 17.8 Å². The Morgan fingerprint density at radius 3 is 2.57 bits per heavy atom. The minimum atomic E-state index is -4.44. The van der Waals surface area contributed by atoms with Gasteiger partial charge in [-0.15, -0.1) is 0 Å². The van der Waals surface area contributed by atoms with Gasteiger partial charge in [0, 0.05) is 0 Å². The Balaban J connectivity index is 1.60. The number of hydrogen-bond acceptors (Lipinski definition) is 11. The summed E-state index contributed by atoms with van der Waals surface area (Å²) >= 11 is 0. The molecular weight excluding hydrogens is 572 g/mol. The third-order valence-electron chi connectivity index (χ3n) is 6.98. The fourth-order valence-electron chi connectivity index (χ4n) is 4.56. The number of nitrogens with one attached hydrogen (secondary N) is 1.